The van der Waals surface area contributed by atoms with Crippen LogP contribution in [0.4, 0.5) is 0 Å². The Morgan fingerprint density at radius 2 is 1.83 bits per heavy atom. The number of rotatable bonds is 4. The number of nitrogens with zero attached hydrogens (tertiary/aromatic N) is 1. The molecule has 0 aromatic heterocycles. The van der Waals surface area contributed by atoms with Gasteiger partial charge in [0, 0.05) is 12.1 Å². The molecule has 0 radical (unpaired) electrons. The Morgan fingerprint density at radius 3 is 2.44 bits per heavy atom. The van der Waals surface area contributed by atoms with E-state index < -0.39 is 0 Å². The van der Waals surface area contributed by atoms with E-state index in [9.17, 15) is 0 Å². The number of hydrogen-bond acceptors (Lipinski definition) is 2. The van der Waals surface area contributed by atoms with E-state index in [1.165, 1.54) is 57.9 Å². The molecule has 0 aromatic rings. The molecule has 2 N–H and O–H groups in total. The topological polar surface area (TPSA) is 29.3 Å². The summed E-state index contributed by atoms with van der Waals surface area (Å²) >= 11 is 0. The molecule has 0 aliphatic heterocycles. The van der Waals surface area contributed by atoms with Gasteiger partial charge in [0.05, 0.1) is 0 Å². The second-order valence-electron chi connectivity index (χ2n) is 6.92. The van der Waals surface area contributed by atoms with Gasteiger partial charge in [-0.25, -0.2) is 0 Å². The third-order valence-corrected chi connectivity index (χ3v) is 6.09. The van der Waals surface area contributed by atoms with E-state index in [-0.39, 0.29) is 0 Å². The molecule has 5 atom stereocenters. The van der Waals surface area contributed by atoms with Gasteiger partial charge in [0.15, 0.2) is 0 Å². The van der Waals surface area contributed by atoms with E-state index in [1.54, 1.807) is 0 Å². The minimum atomic E-state index is 0.776. The summed E-state index contributed by atoms with van der Waals surface area (Å²) in [6, 6.07) is 1.71. The van der Waals surface area contributed by atoms with Gasteiger partial charge in [0.1, 0.15) is 0 Å². The van der Waals surface area contributed by atoms with E-state index in [1.807, 2.05) is 0 Å². The van der Waals surface area contributed by atoms with Gasteiger partial charge >= 0.3 is 0 Å². The summed E-state index contributed by atoms with van der Waals surface area (Å²) in [6.07, 6.45) is 11.7. The fourth-order valence-corrected chi connectivity index (χ4v) is 5.23. The van der Waals surface area contributed by atoms with Crippen LogP contribution in [-0.2, 0) is 0 Å². The lowest BCUT2D eigenvalue weighted by Crippen LogP contribution is -2.51. The van der Waals surface area contributed by atoms with Crippen molar-refractivity contribution in [2.24, 2.45) is 23.5 Å². The fourth-order valence-electron chi connectivity index (χ4n) is 5.23. The lowest BCUT2D eigenvalue weighted by Gasteiger charge is -2.45. The Labute approximate surface area is 112 Å². The van der Waals surface area contributed by atoms with E-state index in [0.717, 1.165) is 36.4 Å². The maximum Gasteiger partial charge on any atom is 0.0138 e. The molecule has 2 bridgehead atoms. The van der Waals surface area contributed by atoms with Gasteiger partial charge in [-0.3, -0.25) is 4.90 Å². The van der Waals surface area contributed by atoms with Crippen molar-refractivity contribution < 1.29 is 0 Å². The lowest BCUT2D eigenvalue weighted by molar-refractivity contribution is 0.0455. The molecular formula is C16H30N2. The average molecular weight is 250 g/mol. The normalized spacial score (nSPS) is 43.8. The molecule has 18 heavy (non-hydrogen) atoms. The third kappa shape index (κ3) is 2.22. The summed E-state index contributed by atoms with van der Waals surface area (Å²) < 4.78 is 0. The Bertz CT molecular complexity index is 278. The lowest BCUT2D eigenvalue weighted by atomic mass is 9.81. The van der Waals surface area contributed by atoms with Crippen LogP contribution in [0.3, 0.4) is 0 Å². The van der Waals surface area contributed by atoms with Crippen molar-refractivity contribution in [1.29, 1.82) is 0 Å². The van der Waals surface area contributed by atoms with E-state index in [2.05, 4.69) is 11.8 Å². The largest absolute Gasteiger partial charge is 0.330 e. The maximum atomic E-state index is 6.03. The van der Waals surface area contributed by atoms with Crippen LogP contribution in [0.1, 0.15) is 58.3 Å². The molecule has 3 rings (SSSR count). The van der Waals surface area contributed by atoms with Crippen LogP contribution < -0.4 is 5.73 Å². The van der Waals surface area contributed by atoms with Gasteiger partial charge in [-0.2, -0.15) is 0 Å². The van der Waals surface area contributed by atoms with Crippen molar-refractivity contribution in [3.05, 3.63) is 0 Å². The molecule has 0 aromatic carbocycles. The molecule has 0 amide bonds. The molecule has 0 heterocycles. The molecule has 5 unspecified atom stereocenters. The highest BCUT2D eigenvalue weighted by Gasteiger charge is 2.44. The first-order valence-corrected chi connectivity index (χ1v) is 8.29. The zero-order valence-corrected chi connectivity index (χ0v) is 12.0. The van der Waals surface area contributed by atoms with Gasteiger partial charge in [-0.15, -0.1) is 0 Å². The van der Waals surface area contributed by atoms with Crippen molar-refractivity contribution >= 4 is 0 Å². The standard InChI is InChI=1S/C16H30N2/c1-2-18(15-6-4-3-5-14(15)11-17)16-10-12-7-8-13(16)9-12/h12-16H,2-11,17H2,1H3. The summed E-state index contributed by atoms with van der Waals surface area (Å²) in [5.41, 5.74) is 6.03. The summed E-state index contributed by atoms with van der Waals surface area (Å²) in [4.78, 5) is 2.88. The van der Waals surface area contributed by atoms with Crippen molar-refractivity contribution in [3.8, 4) is 0 Å². The van der Waals surface area contributed by atoms with E-state index in [4.69, 9.17) is 5.73 Å². The van der Waals surface area contributed by atoms with Crippen LogP contribution in [0, 0.1) is 17.8 Å². The fraction of sp³-hybridized carbons (Fsp3) is 1.00. The minimum absolute atomic E-state index is 0.776. The highest BCUT2D eigenvalue weighted by atomic mass is 15.2. The van der Waals surface area contributed by atoms with Crippen molar-refractivity contribution in [3.63, 3.8) is 0 Å². The summed E-state index contributed by atoms with van der Waals surface area (Å²) in [6.45, 7) is 4.52. The first-order chi connectivity index (χ1) is 8.83. The summed E-state index contributed by atoms with van der Waals surface area (Å²) in [7, 11) is 0. The predicted octanol–water partition coefficient (Wildman–Crippen LogP) is 3.01. The quantitative estimate of drug-likeness (QED) is 0.831. The number of nitrogens with two attached hydrogens (primary N) is 1. The smallest absolute Gasteiger partial charge is 0.0138 e. The summed E-state index contributed by atoms with van der Waals surface area (Å²) in [5.74, 6) is 2.86. The molecule has 3 aliphatic carbocycles. The van der Waals surface area contributed by atoms with E-state index in [0.29, 0.717) is 0 Å². The number of fused-ring (bicyclic) bond motifs is 2. The Balaban J connectivity index is 1.70. The predicted molar refractivity (Wildman–Crippen MR) is 76.4 cm³/mol. The van der Waals surface area contributed by atoms with Crippen LogP contribution in [0.15, 0.2) is 0 Å². The SMILES string of the molecule is CCN(C1CCCCC1CN)C1CC2CCC1C2. The van der Waals surface area contributed by atoms with Crippen molar-refractivity contribution in [2.75, 3.05) is 13.1 Å². The van der Waals surface area contributed by atoms with Gasteiger partial charge in [-0.1, -0.05) is 26.2 Å². The van der Waals surface area contributed by atoms with Crippen LogP contribution in [0.2, 0.25) is 0 Å². The van der Waals surface area contributed by atoms with Gasteiger partial charge in [0.25, 0.3) is 0 Å². The van der Waals surface area contributed by atoms with Crippen LogP contribution >= 0.6 is 0 Å². The zero-order chi connectivity index (χ0) is 12.5. The molecule has 2 heteroatoms. The maximum absolute atomic E-state index is 6.03. The molecule has 2 nitrogen and oxygen atoms in total. The Hall–Kier alpha value is -0.0800. The zero-order valence-electron chi connectivity index (χ0n) is 12.0. The van der Waals surface area contributed by atoms with Gasteiger partial charge in [-0.05, 0) is 62.9 Å². The van der Waals surface area contributed by atoms with Crippen LogP contribution in [0.5, 0.6) is 0 Å². The molecule has 0 saturated heterocycles. The first-order valence-electron chi connectivity index (χ1n) is 8.29. The monoisotopic (exact) mass is 250 g/mol. The molecular weight excluding hydrogens is 220 g/mol. The highest BCUT2D eigenvalue weighted by molar-refractivity contribution is 4.98. The van der Waals surface area contributed by atoms with Gasteiger partial charge < -0.3 is 5.73 Å². The molecule has 3 fully saturated rings. The second-order valence-corrected chi connectivity index (χ2v) is 6.92. The van der Waals surface area contributed by atoms with Crippen LogP contribution in [-0.4, -0.2) is 30.1 Å². The Morgan fingerprint density at radius 1 is 1.00 bits per heavy atom. The van der Waals surface area contributed by atoms with Gasteiger partial charge in [0.2, 0.25) is 0 Å². The second kappa shape index (κ2) is 5.50. The first kappa shape index (κ1) is 12.9. The van der Waals surface area contributed by atoms with Crippen LogP contribution in [0.25, 0.3) is 0 Å². The molecule has 3 aliphatic rings. The Kier molecular flexibility index (Phi) is 3.95. The third-order valence-electron chi connectivity index (χ3n) is 6.09. The van der Waals surface area contributed by atoms with Crippen molar-refractivity contribution in [1.82, 2.24) is 4.90 Å². The summed E-state index contributed by atoms with van der Waals surface area (Å²) in [5, 5.41) is 0. The van der Waals surface area contributed by atoms with E-state index >= 15 is 0 Å². The van der Waals surface area contributed by atoms with Crippen molar-refractivity contribution in [2.45, 2.75) is 70.4 Å². The molecule has 3 saturated carbocycles. The molecule has 104 valence electrons. The molecule has 0 spiro atoms. The average Bonchev–Trinajstić information content (AvgIpc) is 3.03. The highest BCUT2D eigenvalue weighted by Crippen LogP contribution is 2.48. The number of hydrogen-bond donors (Lipinski definition) is 1. The minimum Gasteiger partial charge on any atom is -0.330 e.